The van der Waals surface area contributed by atoms with Gasteiger partial charge in [0.15, 0.2) is 5.82 Å². The summed E-state index contributed by atoms with van der Waals surface area (Å²) in [5.74, 6) is -0.155. The molecular formula is C8H7N3O2. The quantitative estimate of drug-likeness (QED) is 0.697. The molecule has 2 rings (SSSR count). The lowest BCUT2D eigenvalue weighted by atomic mass is 10.2. The molecule has 2 aromatic rings. The molecule has 1 N–H and O–H groups in total. The monoisotopic (exact) mass is 177 g/mol. The first-order valence-corrected chi connectivity index (χ1v) is 3.74. The summed E-state index contributed by atoms with van der Waals surface area (Å²) in [6, 6.07) is 1.86. The lowest BCUT2D eigenvalue weighted by Gasteiger charge is -1.94. The highest BCUT2D eigenvalue weighted by molar-refractivity contribution is 5.52. The first kappa shape index (κ1) is 7.72. The Labute approximate surface area is 73.4 Å². The number of rotatable bonds is 1. The lowest BCUT2D eigenvalue weighted by molar-refractivity contribution is 0.388. The topological polar surface area (TPSA) is 71.8 Å². The van der Waals surface area contributed by atoms with E-state index in [1.165, 1.54) is 0 Å². The zero-order valence-corrected chi connectivity index (χ0v) is 6.94. The van der Waals surface area contributed by atoms with Crippen LogP contribution in [0.3, 0.4) is 0 Å². The van der Waals surface area contributed by atoms with Gasteiger partial charge in [-0.25, -0.2) is 4.79 Å². The van der Waals surface area contributed by atoms with Gasteiger partial charge in [0, 0.05) is 18.0 Å². The smallest absolute Gasteiger partial charge is 0.296 e. The zero-order valence-electron chi connectivity index (χ0n) is 6.94. The summed E-state index contributed by atoms with van der Waals surface area (Å²) in [6.45, 7) is 1.91. The second kappa shape index (κ2) is 2.85. The Hall–Kier alpha value is -1.91. The van der Waals surface area contributed by atoms with E-state index in [1.807, 2.05) is 13.0 Å². The van der Waals surface area contributed by atoms with Crippen LogP contribution < -0.4 is 5.76 Å². The van der Waals surface area contributed by atoms with Gasteiger partial charge >= 0.3 is 5.76 Å². The van der Waals surface area contributed by atoms with Gasteiger partial charge in [0.25, 0.3) is 0 Å². The predicted molar refractivity (Wildman–Crippen MR) is 45.1 cm³/mol. The molecule has 0 bridgehead atoms. The van der Waals surface area contributed by atoms with E-state index in [4.69, 9.17) is 0 Å². The highest BCUT2D eigenvalue weighted by Gasteiger charge is 2.03. The third-order valence-electron chi connectivity index (χ3n) is 1.59. The number of aromatic nitrogens is 3. The Morgan fingerprint density at radius 2 is 2.31 bits per heavy atom. The van der Waals surface area contributed by atoms with Gasteiger partial charge in [-0.3, -0.25) is 14.5 Å². The van der Waals surface area contributed by atoms with Crippen molar-refractivity contribution >= 4 is 0 Å². The van der Waals surface area contributed by atoms with Crippen LogP contribution in [-0.4, -0.2) is 15.1 Å². The van der Waals surface area contributed by atoms with Gasteiger partial charge in [0.1, 0.15) is 0 Å². The van der Waals surface area contributed by atoms with Crippen molar-refractivity contribution in [1.29, 1.82) is 0 Å². The molecule has 0 aliphatic carbocycles. The van der Waals surface area contributed by atoms with Crippen LogP contribution in [0.5, 0.6) is 0 Å². The van der Waals surface area contributed by atoms with E-state index < -0.39 is 5.76 Å². The summed E-state index contributed by atoms with van der Waals surface area (Å²) in [7, 11) is 0. The summed E-state index contributed by atoms with van der Waals surface area (Å²) in [5, 5.41) is 3.54. The first-order valence-electron chi connectivity index (χ1n) is 3.74. The van der Waals surface area contributed by atoms with Crippen LogP contribution in [0.15, 0.2) is 27.8 Å². The maximum atomic E-state index is 10.6. The number of nitrogens with one attached hydrogen (secondary N) is 1. The van der Waals surface area contributed by atoms with Gasteiger partial charge in [-0.05, 0) is 18.6 Å². The molecular weight excluding hydrogens is 170 g/mol. The third kappa shape index (κ3) is 1.48. The maximum Gasteiger partial charge on any atom is 0.439 e. The Morgan fingerprint density at radius 1 is 1.46 bits per heavy atom. The number of aryl methyl sites for hydroxylation is 1. The second-order valence-corrected chi connectivity index (χ2v) is 2.69. The fraction of sp³-hybridized carbons (Fsp3) is 0.125. The number of hydrogen-bond donors (Lipinski definition) is 1. The van der Waals surface area contributed by atoms with E-state index in [-0.39, 0.29) is 0 Å². The summed E-state index contributed by atoms with van der Waals surface area (Å²) in [4.78, 5) is 17.1. The van der Waals surface area contributed by atoms with Gasteiger partial charge < -0.3 is 0 Å². The molecule has 0 aromatic carbocycles. The average Bonchev–Trinajstić information content (AvgIpc) is 2.52. The molecule has 0 amide bonds. The van der Waals surface area contributed by atoms with E-state index in [1.54, 1.807) is 12.4 Å². The van der Waals surface area contributed by atoms with Crippen LogP contribution in [-0.2, 0) is 0 Å². The number of pyridine rings is 1. The molecule has 0 radical (unpaired) electrons. The van der Waals surface area contributed by atoms with Crippen LogP contribution in [0.4, 0.5) is 0 Å². The van der Waals surface area contributed by atoms with Gasteiger partial charge in [0.2, 0.25) is 0 Å². The van der Waals surface area contributed by atoms with E-state index >= 15 is 0 Å². The highest BCUT2D eigenvalue weighted by Crippen LogP contribution is 2.12. The molecule has 2 aromatic heterocycles. The van der Waals surface area contributed by atoms with Crippen molar-refractivity contribution in [2.75, 3.05) is 0 Å². The van der Waals surface area contributed by atoms with Crippen molar-refractivity contribution in [3.63, 3.8) is 0 Å². The van der Waals surface area contributed by atoms with E-state index in [0.29, 0.717) is 5.82 Å². The molecule has 0 aliphatic heterocycles. The molecule has 0 saturated heterocycles. The van der Waals surface area contributed by atoms with E-state index in [9.17, 15) is 4.79 Å². The summed E-state index contributed by atoms with van der Waals surface area (Å²) >= 11 is 0. The van der Waals surface area contributed by atoms with Crippen LogP contribution in [0, 0.1) is 6.92 Å². The van der Waals surface area contributed by atoms with Crippen molar-refractivity contribution in [2.24, 2.45) is 0 Å². The minimum atomic E-state index is -0.559. The Morgan fingerprint density at radius 3 is 2.92 bits per heavy atom. The summed E-state index contributed by atoms with van der Waals surface area (Å²) in [5.41, 5.74) is 1.74. The molecule has 0 aliphatic rings. The van der Waals surface area contributed by atoms with Gasteiger partial charge in [0.05, 0.1) is 0 Å². The number of nitrogens with zero attached hydrogens (tertiary/aromatic N) is 2. The minimum absolute atomic E-state index is 0.404. The molecule has 0 spiro atoms. The van der Waals surface area contributed by atoms with Crippen LogP contribution in [0.2, 0.25) is 0 Å². The van der Waals surface area contributed by atoms with Crippen molar-refractivity contribution in [2.45, 2.75) is 6.92 Å². The van der Waals surface area contributed by atoms with Crippen molar-refractivity contribution < 1.29 is 4.52 Å². The van der Waals surface area contributed by atoms with Crippen LogP contribution >= 0.6 is 0 Å². The normalized spacial score (nSPS) is 10.2. The highest BCUT2D eigenvalue weighted by atomic mass is 16.5. The number of hydrogen-bond acceptors (Lipinski definition) is 4. The van der Waals surface area contributed by atoms with Crippen molar-refractivity contribution in [1.82, 2.24) is 15.1 Å². The largest absolute Gasteiger partial charge is 0.439 e. The molecule has 5 heteroatoms. The number of aromatic amines is 1. The van der Waals surface area contributed by atoms with Crippen LogP contribution in [0.25, 0.3) is 11.4 Å². The standard InChI is InChI=1S/C8H7N3O2/c1-5-2-6(4-9-3-5)7-10-8(12)13-11-7/h2-4H,1H3,(H,10,11,12). The minimum Gasteiger partial charge on any atom is -0.296 e. The molecule has 0 saturated carbocycles. The molecule has 0 unspecified atom stereocenters. The Bertz CT molecular complexity index is 472. The van der Waals surface area contributed by atoms with E-state index in [0.717, 1.165) is 11.1 Å². The predicted octanol–water partition coefficient (Wildman–Crippen LogP) is 0.733. The SMILES string of the molecule is Cc1cncc(-c2noc(=O)[nH]2)c1. The molecule has 5 nitrogen and oxygen atoms in total. The zero-order chi connectivity index (χ0) is 9.26. The lowest BCUT2D eigenvalue weighted by Crippen LogP contribution is -1.95. The maximum absolute atomic E-state index is 10.6. The second-order valence-electron chi connectivity index (χ2n) is 2.69. The van der Waals surface area contributed by atoms with Crippen LogP contribution in [0.1, 0.15) is 5.56 Å². The summed E-state index contributed by atoms with van der Waals surface area (Å²) < 4.78 is 4.37. The fourth-order valence-electron chi connectivity index (χ4n) is 1.04. The molecule has 0 atom stereocenters. The summed E-state index contributed by atoms with van der Waals surface area (Å²) in [6.07, 6.45) is 3.34. The Kier molecular flexibility index (Phi) is 1.70. The van der Waals surface area contributed by atoms with Gasteiger partial charge in [-0.2, -0.15) is 0 Å². The van der Waals surface area contributed by atoms with Crippen molar-refractivity contribution in [3.8, 4) is 11.4 Å². The van der Waals surface area contributed by atoms with Gasteiger partial charge in [-0.1, -0.05) is 5.16 Å². The molecule has 2 heterocycles. The molecule has 13 heavy (non-hydrogen) atoms. The third-order valence-corrected chi connectivity index (χ3v) is 1.59. The van der Waals surface area contributed by atoms with Crippen molar-refractivity contribution in [3.05, 3.63) is 34.6 Å². The fourth-order valence-corrected chi connectivity index (χ4v) is 1.04. The van der Waals surface area contributed by atoms with Gasteiger partial charge in [-0.15, -0.1) is 0 Å². The molecule has 66 valence electrons. The Balaban J connectivity index is 2.52. The first-order chi connectivity index (χ1) is 6.25. The van der Waals surface area contributed by atoms with E-state index in [2.05, 4.69) is 19.6 Å². The average molecular weight is 177 g/mol. The number of H-pyrrole nitrogens is 1. The molecule has 0 fully saturated rings.